The molecule has 1 unspecified atom stereocenters. The maximum Gasteiger partial charge on any atom is 0.218 e. The Morgan fingerprint density at radius 1 is 1.33 bits per heavy atom. The molecule has 0 aromatic heterocycles. The minimum atomic E-state index is -0.434. The molecule has 0 aliphatic carbocycles. The molecule has 0 aromatic rings. The van der Waals surface area contributed by atoms with Gasteiger partial charge >= 0.3 is 0 Å². The minimum Gasteiger partial charge on any atom is -0.370 e. The Labute approximate surface area is 72.6 Å². The van der Waals surface area contributed by atoms with Crippen LogP contribution in [-0.4, -0.2) is 11.7 Å². The first kappa shape index (κ1) is 10.9. The van der Waals surface area contributed by atoms with E-state index in [1.54, 1.807) is 0 Å². The van der Waals surface area contributed by atoms with Crippen LogP contribution in [0.4, 0.5) is 0 Å². The van der Waals surface area contributed by atoms with E-state index in [4.69, 9.17) is 5.73 Å². The number of primary amides is 1. The molecule has 0 fully saturated rings. The van der Waals surface area contributed by atoms with Gasteiger partial charge < -0.3 is 5.73 Å². The van der Waals surface area contributed by atoms with Gasteiger partial charge in [-0.3, -0.25) is 9.59 Å². The van der Waals surface area contributed by atoms with E-state index in [1.165, 1.54) is 6.92 Å². The van der Waals surface area contributed by atoms with Gasteiger partial charge in [0.15, 0.2) is 0 Å². The predicted octanol–water partition coefficient (Wildman–Crippen LogP) is 1.03. The van der Waals surface area contributed by atoms with Crippen molar-refractivity contribution in [3.05, 3.63) is 12.2 Å². The third-order valence-corrected chi connectivity index (χ3v) is 1.62. The predicted molar refractivity (Wildman–Crippen MR) is 47.4 cm³/mol. The lowest BCUT2D eigenvalue weighted by Gasteiger charge is -2.10. The molecule has 12 heavy (non-hydrogen) atoms. The van der Waals surface area contributed by atoms with Crippen molar-refractivity contribution in [2.24, 2.45) is 11.7 Å². The molecule has 0 saturated carbocycles. The molecule has 3 nitrogen and oxygen atoms in total. The quantitative estimate of drug-likeness (QED) is 0.625. The van der Waals surface area contributed by atoms with Crippen molar-refractivity contribution >= 4 is 11.7 Å². The zero-order valence-corrected chi connectivity index (χ0v) is 7.59. The number of nitrogens with two attached hydrogens (primary N) is 1. The molecular weight excluding hydrogens is 154 g/mol. The fourth-order valence-electron chi connectivity index (χ4n) is 1.02. The van der Waals surface area contributed by atoms with Crippen molar-refractivity contribution in [2.75, 3.05) is 0 Å². The summed E-state index contributed by atoms with van der Waals surface area (Å²) >= 11 is 0. The molecule has 0 radical (unpaired) electrons. The summed E-state index contributed by atoms with van der Waals surface area (Å²) in [7, 11) is 0. The van der Waals surface area contributed by atoms with E-state index in [1.807, 2.05) is 6.92 Å². The van der Waals surface area contributed by atoms with Crippen LogP contribution < -0.4 is 5.73 Å². The number of carbonyl (C=O) groups excluding carboxylic acids is 2. The van der Waals surface area contributed by atoms with E-state index in [9.17, 15) is 9.59 Å². The molecule has 0 aliphatic rings. The van der Waals surface area contributed by atoms with Crippen LogP contribution in [0.25, 0.3) is 0 Å². The van der Waals surface area contributed by atoms with Gasteiger partial charge in [-0.15, -0.1) is 6.58 Å². The average Bonchev–Trinajstić information content (AvgIpc) is 1.83. The molecule has 0 spiro atoms. The second-order valence-corrected chi connectivity index (χ2v) is 3.14. The van der Waals surface area contributed by atoms with Gasteiger partial charge in [0.05, 0.1) is 0 Å². The number of ketones is 1. The van der Waals surface area contributed by atoms with Gasteiger partial charge in [0.1, 0.15) is 5.78 Å². The van der Waals surface area contributed by atoms with Crippen LogP contribution in [0.15, 0.2) is 12.2 Å². The van der Waals surface area contributed by atoms with Crippen LogP contribution in [0.5, 0.6) is 0 Å². The Hall–Kier alpha value is -1.12. The van der Waals surface area contributed by atoms with Gasteiger partial charge in [-0.1, -0.05) is 5.57 Å². The number of amides is 1. The zero-order chi connectivity index (χ0) is 9.72. The maximum atomic E-state index is 11.0. The van der Waals surface area contributed by atoms with Crippen molar-refractivity contribution in [1.29, 1.82) is 0 Å². The van der Waals surface area contributed by atoms with Gasteiger partial charge in [0, 0.05) is 12.3 Å². The third-order valence-electron chi connectivity index (χ3n) is 1.62. The molecule has 1 atom stereocenters. The highest BCUT2D eigenvalue weighted by atomic mass is 16.1. The average molecular weight is 169 g/mol. The molecule has 0 bridgehead atoms. The zero-order valence-electron chi connectivity index (χ0n) is 7.59. The van der Waals surface area contributed by atoms with Crippen molar-refractivity contribution in [3.8, 4) is 0 Å². The highest BCUT2D eigenvalue weighted by Gasteiger charge is 2.16. The number of hydrogen-bond acceptors (Lipinski definition) is 2. The lowest BCUT2D eigenvalue weighted by atomic mass is 9.94. The van der Waals surface area contributed by atoms with E-state index in [2.05, 4.69) is 6.58 Å². The van der Waals surface area contributed by atoms with Crippen molar-refractivity contribution < 1.29 is 9.59 Å². The Morgan fingerprint density at radius 3 is 2.08 bits per heavy atom. The van der Waals surface area contributed by atoms with E-state index >= 15 is 0 Å². The normalized spacial score (nSPS) is 12.2. The summed E-state index contributed by atoms with van der Waals surface area (Å²) in [5.74, 6) is -0.715. The van der Waals surface area contributed by atoms with Gasteiger partial charge in [-0.25, -0.2) is 0 Å². The topological polar surface area (TPSA) is 60.2 Å². The van der Waals surface area contributed by atoms with Crippen LogP contribution in [0.2, 0.25) is 0 Å². The second-order valence-electron chi connectivity index (χ2n) is 3.14. The second kappa shape index (κ2) is 4.70. The Morgan fingerprint density at radius 2 is 1.83 bits per heavy atom. The minimum absolute atomic E-state index is 0.00296. The maximum absolute atomic E-state index is 11.0. The summed E-state index contributed by atoms with van der Waals surface area (Å²) in [5.41, 5.74) is 5.89. The molecule has 2 N–H and O–H groups in total. The van der Waals surface area contributed by atoms with E-state index < -0.39 is 5.91 Å². The fourth-order valence-corrected chi connectivity index (χ4v) is 1.02. The van der Waals surface area contributed by atoms with Gasteiger partial charge in [0.25, 0.3) is 0 Å². The van der Waals surface area contributed by atoms with Crippen LogP contribution in [0.1, 0.15) is 26.7 Å². The third kappa shape index (κ3) is 4.66. The number of Topliss-reactive ketones (excluding diaryl/α,β-unsaturated/α-hetero) is 1. The van der Waals surface area contributed by atoms with E-state index in [0.29, 0.717) is 6.42 Å². The standard InChI is InChI=1S/C9H15NO2/c1-6(2)4-8(7(3)11)5-9(10)12/h8H,1,4-5H2,2-3H3,(H2,10,12). The van der Waals surface area contributed by atoms with E-state index in [-0.39, 0.29) is 18.1 Å². The SMILES string of the molecule is C=C(C)CC(CC(N)=O)C(C)=O. The van der Waals surface area contributed by atoms with Gasteiger partial charge in [-0.05, 0) is 20.3 Å². The first-order valence-corrected chi connectivity index (χ1v) is 3.86. The first-order valence-electron chi connectivity index (χ1n) is 3.86. The van der Waals surface area contributed by atoms with Gasteiger partial charge in [0.2, 0.25) is 5.91 Å². The lowest BCUT2D eigenvalue weighted by Crippen LogP contribution is -2.21. The molecule has 0 aromatic carbocycles. The molecular formula is C9H15NO2. The van der Waals surface area contributed by atoms with Crippen molar-refractivity contribution in [1.82, 2.24) is 0 Å². The summed E-state index contributed by atoms with van der Waals surface area (Å²) < 4.78 is 0. The van der Waals surface area contributed by atoms with E-state index in [0.717, 1.165) is 5.57 Å². The van der Waals surface area contributed by atoms with Crippen molar-refractivity contribution in [3.63, 3.8) is 0 Å². The van der Waals surface area contributed by atoms with Crippen LogP contribution >= 0.6 is 0 Å². The molecule has 0 saturated heterocycles. The molecule has 0 aliphatic heterocycles. The fraction of sp³-hybridized carbons (Fsp3) is 0.556. The van der Waals surface area contributed by atoms with Gasteiger partial charge in [-0.2, -0.15) is 0 Å². The smallest absolute Gasteiger partial charge is 0.218 e. The largest absolute Gasteiger partial charge is 0.370 e. The summed E-state index contributed by atoms with van der Waals surface area (Å²) in [4.78, 5) is 21.5. The summed E-state index contributed by atoms with van der Waals surface area (Å²) in [6.45, 7) is 6.98. The number of rotatable bonds is 5. The number of hydrogen-bond donors (Lipinski definition) is 1. The van der Waals surface area contributed by atoms with Crippen LogP contribution in [0.3, 0.4) is 0 Å². The highest BCUT2D eigenvalue weighted by Crippen LogP contribution is 2.14. The first-order chi connectivity index (χ1) is 5.43. The van der Waals surface area contributed by atoms with Crippen molar-refractivity contribution in [2.45, 2.75) is 26.7 Å². The molecule has 68 valence electrons. The summed E-state index contributed by atoms with van der Waals surface area (Å²) in [6.07, 6.45) is 0.681. The molecule has 1 amide bonds. The summed E-state index contributed by atoms with van der Waals surface area (Å²) in [6, 6.07) is 0. The van der Waals surface area contributed by atoms with Crippen LogP contribution in [0, 0.1) is 5.92 Å². The highest BCUT2D eigenvalue weighted by molar-refractivity contribution is 5.85. The number of carbonyl (C=O) groups is 2. The Bertz CT molecular complexity index is 193. The molecule has 0 heterocycles. The molecule has 0 rings (SSSR count). The Kier molecular flexibility index (Phi) is 4.26. The Balaban J connectivity index is 4.14. The number of allylic oxidation sites excluding steroid dienone is 1. The monoisotopic (exact) mass is 169 g/mol. The lowest BCUT2D eigenvalue weighted by molar-refractivity contribution is -0.126. The van der Waals surface area contributed by atoms with Crippen LogP contribution in [-0.2, 0) is 9.59 Å². The summed E-state index contributed by atoms with van der Waals surface area (Å²) in [5, 5.41) is 0. The molecule has 3 heteroatoms.